The van der Waals surface area contributed by atoms with Crippen LogP contribution in [0.3, 0.4) is 0 Å². The predicted octanol–water partition coefficient (Wildman–Crippen LogP) is 3.74. The quantitative estimate of drug-likeness (QED) is 0.932. The highest BCUT2D eigenvalue weighted by Crippen LogP contribution is 2.39. The van der Waals surface area contributed by atoms with E-state index in [1.165, 1.54) is 24.5 Å². The summed E-state index contributed by atoms with van der Waals surface area (Å²) in [6.45, 7) is -0.413. The molecular formula is C13H10F3NOS. The molecule has 0 saturated heterocycles. The molecule has 0 fully saturated rings. The summed E-state index contributed by atoms with van der Waals surface area (Å²) in [6, 6.07) is 7.12. The summed E-state index contributed by atoms with van der Waals surface area (Å²) in [6.07, 6.45) is -1.39. The van der Waals surface area contributed by atoms with Gasteiger partial charge in [-0.3, -0.25) is 4.98 Å². The highest BCUT2D eigenvalue weighted by atomic mass is 32.2. The van der Waals surface area contributed by atoms with Crippen molar-refractivity contribution in [1.29, 1.82) is 0 Å². The van der Waals surface area contributed by atoms with Crippen molar-refractivity contribution < 1.29 is 18.3 Å². The maximum atomic E-state index is 13.0. The number of pyridine rings is 1. The summed E-state index contributed by atoms with van der Waals surface area (Å²) in [5, 5.41) is 8.93. The van der Waals surface area contributed by atoms with E-state index in [0.29, 0.717) is 4.90 Å². The predicted molar refractivity (Wildman–Crippen MR) is 65.7 cm³/mol. The fourth-order valence-electron chi connectivity index (χ4n) is 1.52. The number of nitrogens with zero attached hydrogens (tertiary/aromatic N) is 1. The van der Waals surface area contributed by atoms with Crippen LogP contribution in [0.2, 0.25) is 0 Å². The molecule has 0 aliphatic heterocycles. The Balaban J connectivity index is 2.40. The van der Waals surface area contributed by atoms with Crippen molar-refractivity contribution in [2.75, 3.05) is 0 Å². The second-order valence-corrected chi connectivity index (χ2v) is 4.89. The maximum absolute atomic E-state index is 13.0. The summed E-state index contributed by atoms with van der Waals surface area (Å²) in [5.41, 5.74) is -0.493. The van der Waals surface area contributed by atoms with Crippen molar-refractivity contribution in [2.24, 2.45) is 0 Å². The second kappa shape index (κ2) is 5.63. The summed E-state index contributed by atoms with van der Waals surface area (Å²) in [5.74, 6) is 0. The largest absolute Gasteiger partial charge is 0.417 e. The minimum absolute atomic E-state index is 0.107. The van der Waals surface area contributed by atoms with Crippen molar-refractivity contribution in [3.63, 3.8) is 0 Å². The van der Waals surface area contributed by atoms with E-state index in [0.717, 1.165) is 17.8 Å². The monoisotopic (exact) mass is 285 g/mol. The van der Waals surface area contributed by atoms with Crippen LogP contribution in [0.25, 0.3) is 0 Å². The number of aliphatic hydroxyl groups is 1. The number of hydrogen-bond acceptors (Lipinski definition) is 3. The smallest absolute Gasteiger partial charge is 0.392 e. The third-order valence-electron chi connectivity index (χ3n) is 2.41. The molecule has 1 N–H and O–H groups in total. The van der Waals surface area contributed by atoms with Crippen LogP contribution in [0.5, 0.6) is 0 Å². The van der Waals surface area contributed by atoms with E-state index in [4.69, 9.17) is 5.11 Å². The van der Waals surface area contributed by atoms with Gasteiger partial charge in [-0.15, -0.1) is 0 Å². The lowest BCUT2D eigenvalue weighted by Crippen LogP contribution is -2.07. The molecule has 0 spiro atoms. The first kappa shape index (κ1) is 13.9. The molecule has 2 rings (SSSR count). The fourth-order valence-corrected chi connectivity index (χ4v) is 2.45. The first-order valence-corrected chi connectivity index (χ1v) is 6.21. The van der Waals surface area contributed by atoms with Gasteiger partial charge in [0.1, 0.15) is 0 Å². The molecule has 6 heteroatoms. The number of halogens is 3. The van der Waals surface area contributed by atoms with Crippen LogP contribution < -0.4 is 0 Å². The molecule has 0 aliphatic carbocycles. The molecule has 0 atom stereocenters. The van der Waals surface area contributed by atoms with Crippen LogP contribution >= 0.6 is 11.8 Å². The van der Waals surface area contributed by atoms with Crippen LogP contribution in [-0.4, -0.2) is 10.1 Å². The zero-order chi connectivity index (χ0) is 13.9. The molecule has 0 aliphatic rings. The van der Waals surface area contributed by atoms with Crippen molar-refractivity contribution >= 4 is 11.8 Å². The van der Waals surface area contributed by atoms with Crippen LogP contribution in [0.1, 0.15) is 11.1 Å². The van der Waals surface area contributed by atoms with Gasteiger partial charge in [0.15, 0.2) is 0 Å². The topological polar surface area (TPSA) is 33.1 Å². The lowest BCUT2D eigenvalue weighted by atomic mass is 10.1. The van der Waals surface area contributed by atoms with E-state index in [2.05, 4.69) is 4.98 Å². The highest BCUT2D eigenvalue weighted by molar-refractivity contribution is 7.99. The van der Waals surface area contributed by atoms with Crippen molar-refractivity contribution in [3.8, 4) is 0 Å². The standard InChI is InChI=1S/C13H10F3NOS/c14-13(15,16)11-7-9(8-18)1-2-12(11)19-10-3-5-17-6-4-10/h1-7,18H,8H2. The molecule has 19 heavy (non-hydrogen) atoms. The summed E-state index contributed by atoms with van der Waals surface area (Å²) in [7, 11) is 0. The van der Waals surface area contributed by atoms with E-state index in [1.807, 2.05) is 0 Å². The third kappa shape index (κ3) is 3.48. The zero-order valence-electron chi connectivity index (χ0n) is 9.69. The van der Waals surface area contributed by atoms with Crippen LogP contribution in [-0.2, 0) is 12.8 Å². The van der Waals surface area contributed by atoms with E-state index < -0.39 is 18.3 Å². The van der Waals surface area contributed by atoms with Gasteiger partial charge in [0.25, 0.3) is 0 Å². The van der Waals surface area contributed by atoms with Gasteiger partial charge in [-0.2, -0.15) is 13.2 Å². The van der Waals surface area contributed by atoms with Crippen molar-refractivity contribution in [1.82, 2.24) is 4.98 Å². The van der Waals surface area contributed by atoms with Gasteiger partial charge >= 0.3 is 6.18 Å². The Morgan fingerprint density at radius 3 is 2.37 bits per heavy atom. The Bertz CT molecular complexity index is 558. The molecule has 1 aromatic heterocycles. The average Bonchev–Trinajstić information content (AvgIpc) is 2.39. The Kier molecular flexibility index (Phi) is 4.11. The van der Waals surface area contributed by atoms with E-state index in [-0.39, 0.29) is 10.5 Å². The number of rotatable bonds is 3. The van der Waals surface area contributed by atoms with Gasteiger partial charge < -0.3 is 5.11 Å². The molecule has 0 bridgehead atoms. The van der Waals surface area contributed by atoms with Crippen LogP contribution in [0.15, 0.2) is 52.5 Å². The second-order valence-electron chi connectivity index (χ2n) is 3.77. The molecule has 100 valence electrons. The van der Waals surface area contributed by atoms with Gasteiger partial charge in [-0.05, 0) is 29.8 Å². The molecule has 0 radical (unpaired) electrons. The molecule has 2 aromatic rings. The van der Waals surface area contributed by atoms with Crippen LogP contribution in [0.4, 0.5) is 13.2 Å². The number of alkyl halides is 3. The van der Waals surface area contributed by atoms with Gasteiger partial charge in [-0.25, -0.2) is 0 Å². The first-order chi connectivity index (χ1) is 9.00. The lowest BCUT2D eigenvalue weighted by molar-refractivity contribution is -0.139. The Morgan fingerprint density at radius 2 is 1.79 bits per heavy atom. The molecule has 0 unspecified atom stereocenters. The summed E-state index contributed by atoms with van der Waals surface area (Å²) in [4.78, 5) is 4.60. The Morgan fingerprint density at radius 1 is 1.11 bits per heavy atom. The number of hydrogen-bond donors (Lipinski definition) is 1. The SMILES string of the molecule is OCc1ccc(Sc2ccncc2)c(C(F)(F)F)c1. The Hall–Kier alpha value is -1.53. The Labute approximate surface area is 112 Å². The molecule has 0 saturated carbocycles. The molecule has 1 aromatic carbocycles. The molecule has 0 amide bonds. The van der Waals surface area contributed by atoms with Crippen molar-refractivity contribution in [2.45, 2.75) is 22.6 Å². The van der Waals surface area contributed by atoms with E-state index >= 15 is 0 Å². The van der Waals surface area contributed by atoms with E-state index in [1.54, 1.807) is 12.1 Å². The number of aromatic nitrogens is 1. The maximum Gasteiger partial charge on any atom is 0.417 e. The molecule has 1 heterocycles. The third-order valence-corrected chi connectivity index (χ3v) is 3.49. The average molecular weight is 285 g/mol. The normalized spacial score (nSPS) is 11.6. The molecular weight excluding hydrogens is 275 g/mol. The fraction of sp³-hybridized carbons (Fsp3) is 0.154. The number of benzene rings is 1. The van der Waals surface area contributed by atoms with Gasteiger partial charge in [0.05, 0.1) is 12.2 Å². The van der Waals surface area contributed by atoms with E-state index in [9.17, 15) is 13.2 Å². The minimum Gasteiger partial charge on any atom is -0.392 e. The summed E-state index contributed by atoms with van der Waals surface area (Å²) >= 11 is 1.02. The van der Waals surface area contributed by atoms with Gasteiger partial charge in [-0.1, -0.05) is 17.8 Å². The highest BCUT2D eigenvalue weighted by Gasteiger charge is 2.33. The van der Waals surface area contributed by atoms with Gasteiger partial charge in [0.2, 0.25) is 0 Å². The minimum atomic E-state index is -4.44. The van der Waals surface area contributed by atoms with Gasteiger partial charge in [0, 0.05) is 22.2 Å². The zero-order valence-corrected chi connectivity index (χ0v) is 10.5. The van der Waals surface area contributed by atoms with Crippen LogP contribution in [0, 0.1) is 0 Å². The van der Waals surface area contributed by atoms with Crippen molar-refractivity contribution in [3.05, 3.63) is 53.9 Å². The first-order valence-electron chi connectivity index (χ1n) is 5.39. The number of aliphatic hydroxyl groups excluding tert-OH is 1. The molecule has 2 nitrogen and oxygen atoms in total. The summed E-state index contributed by atoms with van der Waals surface area (Å²) < 4.78 is 38.9. The lowest BCUT2D eigenvalue weighted by Gasteiger charge is -2.13.